The third-order valence-electron chi connectivity index (χ3n) is 3.42. The van der Waals surface area contributed by atoms with Crippen molar-refractivity contribution in [3.05, 3.63) is 12.2 Å². The third-order valence-corrected chi connectivity index (χ3v) is 3.42. The number of nitrogens with zero attached hydrogens (tertiary/aromatic N) is 4. The van der Waals surface area contributed by atoms with Crippen molar-refractivity contribution in [2.75, 3.05) is 19.8 Å². The van der Waals surface area contributed by atoms with E-state index in [1.54, 1.807) is 6.33 Å². The molecule has 108 valence electrons. The Morgan fingerprint density at radius 2 is 2.32 bits per heavy atom. The fraction of sp³-hybridized carbons (Fsp3) is 0.846. The lowest BCUT2D eigenvalue weighted by molar-refractivity contribution is -0.0815. The molecule has 1 N–H and O–H groups in total. The Hall–Kier alpha value is -0.980. The molecule has 1 fully saturated rings. The third kappa shape index (κ3) is 3.75. The van der Waals surface area contributed by atoms with Gasteiger partial charge in [-0.25, -0.2) is 9.67 Å². The Balaban J connectivity index is 2.01. The maximum Gasteiger partial charge on any atom is 0.141 e. The Bertz CT molecular complexity index is 394. The molecular weight excluding hydrogens is 244 g/mol. The summed E-state index contributed by atoms with van der Waals surface area (Å²) in [5.41, 5.74) is 0. The molecule has 2 unspecified atom stereocenters. The molecule has 2 rings (SSSR count). The quantitative estimate of drug-likeness (QED) is 0.843. The van der Waals surface area contributed by atoms with Crippen LogP contribution in [-0.2, 0) is 17.8 Å². The maximum atomic E-state index is 9.21. The minimum absolute atomic E-state index is 0.0713. The van der Waals surface area contributed by atoms with Crippen molar-refractivity contribution < 1.29 is 9.84 Å². The molecule has 2 atom stereocenters. The van der Waals surface area contributed by atoms with Crippen LogP contribution in [0.2, 0.25) is 0 Å². The SMILES string of the molecule is CC(C)Cn1ncnc1CN1CC(CO)OCC1C. The van der Waals surface area contributed by atoms with Gasteiger partial charge in [-0.05, 0) is 12.8 Å². The Labute approximate surface area is 114 Å². The van der Waals surface area contributed by atoms with Gasteiger partial charge in [-0.2, -0.15) is 5.10 Å². The molecular formula is C13H24N4O2. The molecule has 1 saturated heterocycles. The van der Waals surface area contributed by atoms with E-state index >= 15 is 0 Å². The van der Waals surface area contributed by atoms with Crippen molar-refractivity contribution >= 4 is 0 Å². The average molecular weight is 268 g/mol. The fourth-order valence-corrected chi connectivity index (χ4v) is 2.30. The summed E-state index contributed by atoms with van der Waals surface area (Å²) in [6, 6.07) is 0.340. The molecule has 0 aliphatic carbocycles. The van der Waals surface area contributed by atoms with E-state index < -0.39 is 0 Å². The highest BCUT2D eigenvalue weighted by Crippen LogP contribution is 2.14. The molecule has 1 aromatic heterocycles. The van der Waals surface area contributed by atoms with E-state index in [-0.39, 0.29) is 12.7 Å². The average Bonchev–Trinajstić information content (AvgIpc) is 2.78. The number of hydrogen-bond donors (Lipinski definition) is 1. The van der Waals surface area contributed by atoms with Gasteiger partial charge in [0.15, 0.2) is 0 Å². The van der Waals surface area contributed by atoms with Crippen LogP contribution in [0.4, 0.5) is 0 Å². The first-order chi connectivity index (χ1) is 9.10. The van der Waals surface area contributed by atoms with Crippen molar-refractivity contribution in [2.45, 2.75) is 46.0 Å². The van der Waals surface area contributed by atoms with Crippen molar-refractivity contribution in [2.24, 2.45) is 5.92 Å². The van der Waals surface area contributed by atoms with Gasteiger partial charge in [-0.15, -0.1) is 0 Å². The van der Waals surface area contributed by atoms with Gasteiger partial charge < -0.3 is 9.84 Å². The number of aromatic nitrogens is 3. The van der Waals surface area contributed by atoms with Gasteiger partial charge in [-0.3, -0.25) is 4.90 Å². The van der Waals surface area contributed by atoms with Crippen molar-refractivity contribution in [1.29, 1.82) is 0 Å². The standard InChI is InChI=1S/C13H24N4O2/c1-10(2)4-17-13(14-9-15-17)6-16-5-12(7-18)19-8-11(16)3/h9-12,18H,4-8H2,1-3H3. The number of ether oxygens (including phenoxy) is 1. The summed E-state index contributed by atoms with van der Waals surface area (Å²) in [4.78, 5) is 6.65. The highest BCUT2D eigenvalue weighted by molar-refractivity contribution is 4.88. The van der Waals surface area contributed by atoms with Gasteiger partial charge >= 0.3 is 0 Å². The lowest BCUT2D eigenvalue weighted by Crippen LogP contribution is -2.49. The van der Waals surface area contributed by atoms with E-state index in [2.05, 4.69) is 35.8 Å². The van der Waals surface area contributed by atoms with Crippen LogP contribution in [0.1, 0.15) is 26.6 Å². The van der Waals surface area contributed by atoms with Crippen molar-refractivity contribution in [3.63, 3.8) is 0 Å². The predicted octanol–water partition coefficient (Wildman–Crippen LogP) is 0.516. The summed E-state index contributed by atoms with van der Waals surface area (Å²) < 4.78 is 7.52. The van der Waals surface area contributed by atoms with E-state index in [1.165, 1.54) is 0 Å². The number of hydrogen-bond acceptors (Lipinski definition) is 5. The Morgan fingerprint density at radius 1 is 1.53 bits per heavy atom. The molecule has 0 aromatic carbocycles. The zero-order valence-corrected chi connectivity index (χ0v) is 12.0. The summed E-state index contributed by atoms with van der Waals surface area (Å²) in [7, 11) is 0. The lowest BCUT2D eigenvalue weighted by atomic mass is 10.2. The molecule has 6 heteroatoms. The van der Waals surface area contributed by atoms with Crippen LogP contribution in [0.3, 0.4) is 0 Å². The maximum absolute atomic E-state index is 9.21. The van der Waals surface area contributed by atoms with E-state index in [0.29, 0.717) is 18.6 Å². The normalized spacial score (nSPS) is 25.1. The minimum atomic E-state index is -0.0855. The highest BCUT2D eigenvalue weighted by Gasteiger charge is 2.26. The van der Waals surface area contributed by atoms with Crippen LogP contribution in [-0.4, -0.2) is 56.7 Å². The second-order valence-corrected chi connectivity index (χ2v) is 5.67. The monoisotopic (exact) mass is 268 g/mol. The highest BCUT2D eigenvalue weighted by atomic mass is 16.5. The molecule has 6 nitrogen and oxygen atoms in total. The molecule has 0 spiro atoms. The van der Waals surface area contributed by atoms with Crippen LogP contribution in [0.25, 0.3) is 0 Å². The first-order valence-electron chi connectivity index (χ1n) is 6.93. The van der Waals surface area contributed by atoms with Gasteiger partial charge in [0, 0.05) is 19.1 Å². The Kier molecular flexibility index (Phi) is 4.90. The Morgan fingerprint density at radius 3 is 3.00 bits per heavy atom. The van der Waals surface area contributed by atoms with Crippen LogP contribution in [0.15, 0.2) is 6.33 Å². The topological polar surface area (TPSA) is 63.4 Å². The van der Waals surface area contributed by atoms with Gasteiger partial charge in [0.2, 0.25) is 0 Å². The van der Waals surface area contributed by atoms with Gasteiger partial charge in [-0.1, -0.05) is 13.8 Å². The second-order valence-electron chi connectivity index (χ2n) is 5.67. The number of morpholine rings is 1. The van der Waals surface area contributed by atoms with Gasteiger partial charge in [0.05, 0.1) is 25.9 Å². The summed E-state index contributed by atoms with van der Waals surface area (Å²) >= 11 is 0. The van der Waals surface area contributed by atoms with E-state index in [0.717, 1.165) is 25.5 Å². The lowest BCUT2D eigenvalue weighted by Gasteiger charge is -2.37. The zero-order valence-electron chi connectivity index (χ0n) is 12.0. The molecule has 2 heterocycles. The fourth-order valence-electron chi connectivity index (χ4n) is 2.30. The molecule has 1 aliphatic heterocycles. The molecule has 0 bridgehead atoms. The summed E-state index contributed by atoms with van der Waals surface area (Å²) in [6.07, 6.45) is 1.53. The van der Waals surface area contributed by atoms with Crippen LogP contribution >= 0.6 is 0 Å². The van der Waals surface area contributed by atoms with Crippen LogP contribution in [0, 0.1) is 5.92 Å². The molecule has 0 amide bonds. The largest absolute Gasteiger partial charge is 0.394 e. The van der Waals surface area contributed by atoms with Gasteiger partial charge in [0.25, 0.3) is 0 Å². The first kappa shape index (κ1) is 14.4. The van der Waals surface area contributed by atoms with E-state index in [4.69, 9.17) is 4.74 Å². The number of aliphatic hydroxyl groups is 1. The van der Waals surface area contributed by atoms with E-state index in [1.807, 2.05) is 4.68 Å². The van der Waals surface area contributed by atoms with Crippen LogP contribution in [0.5, 0.6) is 0 Å². The summed E-state index contributed by atoms with van der Waals surface area (Å²) in [5, 5.41) is 13.5. The second kappa shape index (κ2) is 6.45. The number of rotatable bonds is 5. The zero-order chi connectivity index (χ0) is 13.8. The molecule has 1 aromatic rings. The summed E-state index contributed by atoms with van der Waals surface area (Å²) in [6.45, 7) is 9.59. The summed E-state index contributed by atoms with van der Waals surface area (Å²) in [5.74, 6) is 1.53. The predicted molar refractivity (Wildman–Crippen MR) is 71.6 cm³/mol. The smallest absolute Gasteiger partial charge is 0.141 e. The minimum Gasteiger partial charge on any atom is -0.394 e. The van der Waals surface area contributed by atoms with Gasteiger partial charge in [0.1, 0.15) is 12.2 Å². The molecule has 19 heavy (non-hydrogen) atoms. The molecule has 0 radical (unpaired) electrons. The molecule has 1 aliphatic rings. The van der Waals surface area contributed by atoms with Crippen molar-refractivity contribution in [3.8, 4) is 0 Å². The first-order valence-corrected chi connectivity index (χ1v) is 6.93. The molecule has 0 saturated carbocycles. The number of aliphatic hydroxyl groups excluding tert-OH is 1. The van der Waals surface area contributed by atoms with E-state index in [9.17, 15) is 5.11 Å². The van der Waals surface area contributed by atoms with Crippen LogP contribution < -0.4 is 0 Å². The van der Waals surface area contributed by atoms with Crippen molar-refractivity contribution in [1.82, 2.24) is 19.7 Å².